The van der Waals surface area contributed by atoms with Crippen LogP contribution < -0.4 is 34.2 Å². The number of aromatic nitrogens is 3. The molecule has 5 aliphatic heterocycles. The number of amides is 1. The van der Waals surface area contributed by atoms with Gasteiger partial charge >= 0.3 is 0 Å². The molecule has 4 saturated heterocycles. The van der Waals surface area contributed by atoms with E-state index in [9.17, 15) is 28.4 Å². The number of rotatable bonds is 15. The van der Waals surface area contributed by atoms with E-state index in [0.29, 0.717) is 81.2 Å². The van der Waals surface area contributed by atoms with Crippen molar-refractivity contribution in [1.82, 2.24) is 29.5 Å². The highest BCUT2D eigenvalue weighted by molar-refractivity contribution is 7.90. The van der Waals surface area contributed by atoms with Crippen LogP contribution in [0.1, 0.15) is 111 Å². The Labute approximate surface area is 502 Å². The second-order valence-corrected chi connectivity index (χ2v) is 27.0. The fourth-order valence-corrected chi connectivity index (χ4v) is 15.7. The summed E-state index contributed by atoms with van der Waals surface area (Å²) < 4.78 is 55.0. The number of piperidine rings is 1. The summed E-state index contributed by atoms with van der Waals surface area (Å²) in [6.07, 6.45) is 11.0. The summed E-state index contributed by atoms with van der Waals surface area (Å²) in [6, 6.07) is 24.7. The van der Waals surface area contributed by atoms with Gasteiger partial charge in [-0.05, 0) is 155 Å². The number of carbonyl (C=O) groups excluding carboxylic acids is 1. The lowest BCUT2D eigenvalue weighted by molar-refractivity contribution is -0.384. The van der Waals surface area contributed by atoms with E-state index in [-0.39, 0.29) is 40.7 Å². The van der Waals surface area contributed by atoms with Crippen molar-refractivity contribution < 1.29 is 42.2 Å². The molecule has 86 heavy (non-hydrogen) atoms. The minimum absolute atomic E-state index is 0.106. The molecular formula is C64H79N11O10S. The van der Waals surface area contributed by atoms with Gasteiger partial charge in [0.05, 0.1) is 59.6 Å². The number of aromatic amines is 1. The molecule has 4 N–H and O–H groups in total. The number of ether oxygens (including phenoxy) is 4. The SMILES string of the molecule is COc1cc([C@@H](C)N2CCN(C3CC4(CCN(c5ccc(C(=O)NS(=O)(=O)c6ccc(NCC7CCC(C)(O)CC7)c([N+](=O)[O-])c6)c(N6c7cc8cc[nH]c8nc7O[C@H]7COCC[C@@H]76)c5)CC4)C3)[C@H](c3ccccc3C)C2)cnc1N1CCOCC1. The van der Waals surface area contributed by atoms with Crippen LogP contribution in [0.25, 0.3) is 11.0 Å². The number of aliphatic hydroxyl groups is 1. The molecule has 1 amide bonds. The molecule has 21 nitrogen and oxygen atoms in total. The first-order valence-electron chi connectivity index (χ1n) is 30.7. The van der Waals surface area contributed by atoms with Gasteiger partial charge in [-0.2, -0.15) is 4.98 Å². The second kappa shape index (κ2) is 23.5. The Balaban J connectivity index is 0.740. The van der Waals surface area contributed by atoms with Crippen LogP contribution in [0.5, 0.6) is 11.6 Å². The van der Waals surface area contributed by atoms with E-state index in [1.54, 1.807) is 13.2 Å². The molecule has 3 aromatic heterocycles. The number of piperazine rings is 1. The molecule has 0 radical (unpaired) electrons. The lowest BCUT2D eigenvalue weighted by atomic mass is 9.59. The zero-order chi connectivity index (χ0) is 59.5. The monoisotopic (exact) mass is 1190 g/mol. The Morgan fingerprint density at radius 1 is 0.919 bits per heavy atom. The summed E-state index contributed by atoms with van der Waals surface area (Å²) >= 11 is 0. The van der Waals surface area contributed by atoms with Crippen molar-refractivity contribution in [3.63, 3.8) is 0 Å². The van der Waals surface area contributed by atoms with Gasteiger partial charge in [-0.1, -0.05) is 24.3 Å². The van der Waals surface area contributed by atoms with E-state index < -0.39 is 43.1 Å². The first-order chi connectivity index (χ1) is 41.5. The lowest BCUT2D eigenvalue weighted by Gasteiger charge is -2.58. The van der Waals surface area contributed by atoms with Crippen LogP contribution in [-0.4, -0.2) is 159 Å². The molecule has 7 aliphatic rings. The average molecular weight is 1190 g/mol. The molecule has 4 atom stereocenters. The fraction of sp³-hybridized carbons (Fsp3) is 0.516. The van der Waals surface area contributed by atoms with Crippen LogP contribution in [-0.2, 0) is 19.5 Å². The summed E-state index contributed by atoms with van der Waals surface area (Å²) in [5.74, 6) is 1.33. The predicted molar refractivity (Wildman–Crippen MR) is 328 cm³/mol. The third kappa shape index (κ3) is 11.4. The third-order valence-electron chi connectivity index (χ3n) is 20.0. The molecule has 8 heterocycles. The standard InChI is InChI=1S/C64H79N11O10S/c1-41-7-5-6-8-49(41)56-39-72(42(2)45-32-57(82-4)60(67-38-45)71-26-29-83-30-27-71)24-25-73(56)47-35-64(36-47)19-22-70(23-20-64)46-9-11-50(53(33-46)74-52-16-28-84-40-58(52)85-62-55(74)31-44-15-21-65-59(44)68-62)61(76)69-86(80,81)48-10-12-51(54(34-48)75(78)79)66-37-43-13-17-63(3,77)18-14-43/h5-12,15,21,31-34,38,42-43,47,52,56,58,66,77H,13-14,16-20,22-30,35-37,39-40H2,1-4H3,(H,65,68)(H,69,76)/t42-,43?,52+,56+,58+,63?/m1/s1. The van der Waals surface area contributed by atoms with Gasteiger partial charge in [0, 0.05) is 107 Å². The normalized spacial score (nSPS) is 25.0. The molecule has 0 unspecified atom stereocenters. The molecule has 2 saturated carbocycles. The highest BCUT2D eigenvalue weighted by Gasteiger charge is 2.51. The van der Waals surface area contributed by atoms with Gasteiger partial charge in [0.25, 0.3) is 21.6 Å². The Morgan fingerprint density at radius 2 is 1.71 bits per heavy atom. The number of nitrogens with one attached hydrogen (secondary N) is 3. The van der Waals surface area contributed by atoms with Crippen LogP contribution in [0.4, 0.5) is 34.3 Å². The maximum absolute atomic E-state index is 14.9. The number of nitrogens with zero attached hydrogens (tertiary/aromatic N) is 8. The quantitative estimate of drug-likeness (QED) is 0.0554. The Bertz CT molecular complexity index is 3610. The number of fused-ring (bicyclic) bond motifs is 3. The van der Waals surface area contributed by atoms with Crippen LogP contribution in [0, 0.1) is 28.4 Å². The zero-order valence-electron chi connectivity index (χ0n) is 49.6. The molecule has 13 rings (SSSR count). The number of pyridine rings is 2. The number of nitro benzene ring substituents is 1. The van der Waals surface area contributed by atoms with E-state index in [2.05, 4.69) is 83.7 Å². The predicted octanol–water partition coefficient (Wildman–Crippen LogP) is 9.05. The fourth-order valence-electron chi connectivity index (χ4n) is 14.8. The number of aryl methyl sites for hydroxylation is 1. The first-order valence-corrected chi connectivity index (χ1v) is 32.2. The van der Waals surface area contributed by atoms with E-state index in [1.165, 1.54) is 23.3 Å². The second-order valence-electron chi connectivity index (χ2n) is 25.3. The number of methoxy groups -OCH3 is 1. The van der Waals surface area contributed by atoms with Crippen molar-refractivity contribution in [2.75, 3.05) is 106 Å². The summed E-state index contributed by atoms with van der Waals surface area (Å²) in [4.78, 5) is 51.4. The van der Waals surface area contributed by atoms with Gasteiger partial charge < -0.3 is 49.1 Å². The Hall–Kier alpha value is -7.08. The number of hydrogen-bond acceptors (Lipinski definition) is 18. The molecule has 6 fully saturated rings. The summed E-state index contributed by atoms with van der Waals surface area (Å²) in [5, 5.41) is 26.9. The highest BCUT2D eigenvalue weighted by atomic mass is 32.2. The van der Waals surface area contributed by atoms with Gasteiger partial charge in [-0.25, -0.2) is 18.1 Å². The number of anilines is 5. The average Bonchev–Trinajstić information content (AvgIpc) is 1.16. The molecule has 22 heteroatoms. The molecule has 2 aliphatic carbocycles. The molecule has 0 bridgehead atoms. The number of morpholine rings is 1. The third-order valence-corrected chi connectivity index (χ3v) is 21.3. The number of nitro groups is 1. The zero-order valence-corrected chi connectivity index (χ0v) is 50.4. The molecule has 1 spiro atoms. The highest BCUT2D eigenvalue weighted by Crippen LogP contribution is 2.54. The van der Waals surface area contributed by atoms with Gasteiger partial charge in [-0.15, -0.1) is 0 Å². The molecular weight excluding hydrogens is 1110 g/mol. The van der Waals surface area contributed by atoms with Crippen LogP contribution in [0.3, 0.4) is 0 Å². The van der Waals surface area contributed by atoms with Crippen molar-refractivity contribution in [3.05, 3.63) is 124 Å². The maximum atomic E-state index is 14.9. The molecule has 456 valence electrons. The number of hydrogen-bond donors (Lipinski definition) is 4. The summed E-state index contributed by atoms with van der Waals surface area (Å²) in [5.41, 5.74) is 5.81. The number of sulfonamides is 1. The Morgan fingerprint density at radius 3 is 2.48 bits per heavy atom. The van der Waals surface area contributed by atoms with Crippen molar-refractivity contribution in [3.8, 4) is 11.6 Å². The van der Waals surface area contributed by atoms with Crippen molar-refractivity contribution in [2.45, 2.75) is 119 Å². The maximum Gasteiger partial charge on any atom is 0.293 e. The molecule has 3 aromatic carbocycles. The van der Waals surface area contributed by atoms with E-state index in [1.807, 2.05) is 43.6 Å². The summed E-state index contributed by atoms with van der Waals surface area (Å²) in [7, 11) is -2.92. The first kappa shape index (κ1) is 58.0. The van der Waals surface area contributed by atoms with Crippen LogP contribution in [0.2, 0.25) is 0 Å². The van der Waals surface area contributed by atoms with Gasteiger partial charge in [0.15, 0.2) is 11.6 Å². The number of H-pyrrole nitrogens is 1. The van der Waals surface area contributed by atoms with Gasteiger partial charge in [-0.3, -0.25) is 24.7 Å². The minimum atomic E-state index is -4.65. The topological polar surface area (TPSA) is 233 Å². The number of carbonyl (C=O) groups is 1. The number of benzene rings is 3. The minimum Gasteiger partial charge on any atom is -0.493 e. The van der Waals surface area contributed by atoms with E-state index in [4.69, 9.17) is 28.9 Å². The summed E-state index contributed by atoms with van der Waals surface area (Å²) in [6.45, 7) is 14.8. The van der Waals surface area contributed by atoms with E-state index in [0.717, 1.165) is 119 Å². The van der Waals surface area contributed by atoms with Crippen molar-refractivity contribution in [2.24, 2.45) is 11.3 Å². The largest absolute Gasteiger partial charge is 0.493 e. The van der Waals surface area contributed by atoms with Gasteiger partial charge in [0.1, 0.15) is 23.1 Å². The Kier molecular flexibility index (Phi) is 15.9. The lowest BCUT2D eigenvalue weighted by Crippen LogP contribution is -2.60. The van der Waals surface area contributed by atoms with Crippen LogP contribution >= 0.6 is 0 Å². The van der Waals surface area contributed by atoms with Crippen LogP contribution in [0.15, 0.2) is 96.2 Å². The van der Waals surface area contributed by atoms with Crippen molar-refractivity contribution in [1.29, 1.82) is 0 Å². The van der Waals surface area contributed by atoms with Gasteiger partial charge in [0.2, 0.25) is 5.88 Å². The van der Waals surface area contributed by atoms with E-state index >= 15 is 0 Å². The smallest absolute Gasteiger partial charge is 0.293 e. The molecule has 6 aromatic rings. The van der Waals surface area contributed by atoms with Crippen molar-refractivity contribution >= 4 is 61.2 Å².